The van der Waals surface area contributed by atoms with Gasteiger partial charge in [-0.3, -0.25) is 14.0 Å². The van der Waals surface area contributed by atoms with Gasteiger partial charge in [0.25, 0.3) is 11.5 Å². The topological polar surface area (TPSA) is 63.5 Å². The van der Waals surface area contributed by atoms with Crippen molar-refractivity contribution in [2.75, 3.05) is 5.32 Å². The number of halogens is 1. The van der Waals surface area contributed by atoms with Crippen LogP contribution >= 0.6 is 27.3 Å². The average molecular weight is 364 g/mol. The molecule has 0 aliphatic carbocycles. The summed E-state index contributed by atoms with van der Waals surface area (Å²) >= 11 is 4.74. The van der Waals surface area contributed by atoms with Crippen molar-refractivity contribution in [2.45, 2.75) is 6.92 Å². The predicted molar refractivity (Wildman–Crippen MR) is 86.2 cm³/mol. The Hall–Kier alpha value is -1.99. The first-order valence-electron chi connectivity index (χ1n) is 6.09. The van der Waals surface area contributed by atoms with Gasteiger partial charge in [0.05, 0.1) is 0 Å². The number of amides is 1. The third-order valence-electron chi connectivity index (χ3n) is 2.85. The standard InChI is InChI=1S/C14H10BrN3O2S/c1-8-7-18-13(20)11(6-16-14(18)21-8)12(19)17-10-4-2-3-9(15)5-10/h2-7H,1H3,(H,17,19). The first-order chi connectivity index (χ1) is 10.0. The zero-order valence-corrected chi connectivity index (χ0v) is 13.4. The lowest BCUT2D eigenvalue weighted by Crippen LogP contribution is -2.25. The molecular weight excluding hydrogens is 354 g/mol. The summed E-state index contributed by atoms with van der Waals surface area (Å²) in [5.41, 5.74) is 0.266. The van der Waals surface area contributed by atoms with Crippen molar-refractivity contribution in [2.24, 2.45) is 0 Å². The quantitative estimate of drug-likeness (QED) is 0.760. The van der Waals surface area contributed by atoms with Crippen LogP contribution in [0.3, 0.4) is 0 Å². The van der Waals surface area contributed by atoms with Crippen molar-refractivity contribution in [3.05, 3.63) is 61.9 Å². The maximum Gasteiger partial charge on any atom is 0.271 e. The van der Waals surface area contributed by atoms with Crippen LogP contribution in [0.2, 0.25) is 0 Å². The largest absolute Gasteiger partial charge is 0.322 e. The minimum atomic E-state index is -0.469. The van der Waals surface area contributed by atoms with Crippen molar-refractivity contribution >= 4 is 43.8 Å². The molecule has 2 aromatic heterocycles. The molecule has 1 aromatic carbocycles. The Kier molecular flexibility index (Phi) is 3.60. The number of benzene rings is 1. The summed E-state index contributed by atoms with van der Waals surface area (Å²) in [6.45, 7) is 1.89. The fraction of sp³-hybridized carbons (Fsp3) is 0.0714. The van der Waals surface area contributed by atoms with E-state index in [9.17, 15) is 9.59 Å². The molecule has 21 heavy (non-hydrogen) atoms. The maximum atomic E-state index is 12.3. The van der Waals surface area contributed by atoms with Crippen molar-refractivity contribution in [1.82, 2.24) is 9.38 Å². The summed E-state index contributed by atoms with van der Waals surface area (Å²) in [6.07, 6.45) is 3.01. The van der Waals surface area contributed by atoms with E-state index < -0.39 is 5.91 Å². The van der Waals surface area contributed by atoms with Crippen LogP contribution in [0.1, 0.15) is 15.2 Å². The van der Waals surface area contributed by atoms with Crippen molar-refractivity contribution < 1.29 is 4.79 Å². The zero-order valence-electron chi connectivity index (χ0n) is 11.0. The Morgan fingerprint density at radius 2 is 2.24 bits per heavy atom. The number of rotatable bonds is 2. The first kappa shape index (κ1) is 14.0. The Morgan fingerprint density at radius 3 is 3.00 bits per heavy atom. The molecule has 1 amide bonds. The minimum Gasteiger partial charge on any atom is -0.322 e. The molecule has 7 heteroatoms. The zero-order chi connectivity index (χ0) is 15.0. The molecule has 0 saturated heterocycles. The SMILES string of the molecule is Cc1cn2c(=O)c(C(=O)Nc3cccc(Br)c3)cnc2s1. The van der Waals surface area contributed by atoms with Crippen LogP contribution in [-0.4, -0.2) is 15.3 Å². The molecule has 3 rings (SSSR count). The number of thiazole rings is 1. The normalized spacial score (nSPS) is 10.8. The molecular formula is C14H10BrN3O2S. The number of aromatic nitrogens is 2. The Bertz CT molecular complexity index is 901. The van der Waals surface area contributed by atoms with Gasteiger partial charge < -0.3 is 5.32 Å². The molecule has 0 unspecified atom stereocenters. The maximum absolute atomic E-state index is 12.3. The second-order valence-corrected chi connectivity index (χ2v) is 6.56. The highest BCUT2D eigenvalue weighted by Crippen LogP contribution is 2.16. The molecule has 0 spiro atoms. The molecule has 0 bridgehead atoms. The second kappa shape index (κ2) is 5.42. The van der Waals surface area contributed by atoms with E-state index in [0.717, 1.165) is 9.35 Å². The minimum absolute atomic E-state index is 0.0188. The molecule has 5 nitrogen and oxygen atoms in total. The molecule has 0 aliphatic rings. The number of hydrogen-bond donors (Lipinski definition) is 1. The van der Waals surface area contributed by atoms with Gasteiger partial charge in [0, 0.05) is 27.4 Å². The predicted octanol–water partition coefficient (Wildman–Crippen LogP) is 3.08. The molecule has 1 N–H and O–H groups in total. The number of anilines is 1. The van der Waals surface area contributed by atoms with Crippen molar-refractivity contribution in [3.8, 4) is 0 Å². The average Bonchev–Trinajstić information content (AvgIpc) is 2.80. The van der Waals surface area contributed by atoms with Crippen LogP contribution in [0.4, 0.5) is 5.69 Å². The lowest BCUT2D eigenvalue weighted by Gasteiger charge is -2.05. The number of carbonyl (C=O) groups is 1. The van der Waals surface area contributed by atoms with Crippen LogP contribution in [0.5, 0.6) is 0 Å². The fourth-order valence-electron chi connectivity index (χ4n) is 1.92. The molecule has 0 radical (unpaired) electrons. The van der Waals surface area contributed by atoms with Gasteiger partial charge in [0.2, 0.25) is 0 Å². The molecule has 3 aromatic rings. The molecule has 2 heterocycles. The van der Waals surface area contributed by atoms with E-state index in [1.165, 1.54) is 21.9 Å². The van der Waals surface area contributed by atoms with E-state index in [1.807, 2.05) is 13.0 Å². The first-order valence-corrected chi connectivity index (χ1v) is 7.70. The molecule has 0 aliphatic heterocycles. The summed E-state index contributed by atoms with van der Waals surface area (Å²) in [7, 11) is 0. The van der Waals surface area contributed by atoms with Crippen molar-refractivity contribution in [3.63, 3.8) is 0 Å². The van der Waals surface area contributed by atoms with E-state index >= 15 is 0 Å². The van der Waals surface area contributed by atoms with E-state index in [4.69, 9.17) is 0 Å². The summed E-state index contributed by atoms with van der Waals surface area (Å²) < 4.78 is 2.24. The molecule has 0 fully saturated rings. The smallest absolute Gasteiger partial charge is 0.271 e. The fourth-order valence-corrected chi connectivity index (χ4v) is 3.10. The third-order valence-corrected chi connectivity index (χ3v) is 4.25. The van der Waals surface area contributed by atoms with Gasteiger partial charge in [-0.2, -0.15) is 0 Å². The highest BCUT2D eigenvalue weighted by Gasteiger charge is 2.14. The number of aryl methyl sites for hydroxylation is 1. The van der Waals surface area contributed by atoms with Gasteiger partial charge in [-0.1, -0.05) is 22.0 Å². The highest BCUT2D eigenvalue weighted by atomic mass is 79.9. The summed E-state index contributed by atoms with van der Waals surface area (Å²) in [5.74, 6) is -0.469. The molecule has 106 valence electrons. The van der Waals surface area contributed by atoms with E-state index in [2.05, 4.69) is 26.2 Å². The van der Waals surface area contributed by atoms with E-state index in [-0.39, 0.29) is 11.1 Å². The van der Waals surface area contributed by atoms with Crippen LogP contribution < -0.4 is 10.9 Å². The number of nitrogens with zero attached hydrogens (tertiary/aromatic N) is 2. The van der Waals surface area contributed by atoms with Gasteiger partial charge >= 0.3 is 0 Å². The monoisotopic (exact) mass is 363 g/mol. The number of hydrogen-bond acceptors (Lipinski definition) is 4. The molecule has 0 atom stereocenters. The number of fused-ring (bicyclic) bond motifs is 1. The van der Waals surface area contributed by atoms with Gasteiger partial charge in [-0.05, 0) is 25.1 Å². The van der Waals surface area contributed by atoms with E-state index in [1.54, 1.807) is 24.4 Å². The van der Waals surface area contributed by atoms with Gasteiger partial charge in [0.15, 0.2) is 4.96 Å². The molecule has 0 saturated carbocycles. The van der Waals surface area contributed by atoms with Crippen LogP contribution in [0.15, 0.2) is 45.9 Å². The van der Waals surface area contributed by atoms with Crippen LogP contribution in [0.25, 0.3) is 4.96 Å². The lowest BCUT2D eigenvalue weighted by molar-refractivity contribution is 0.102. The highest BCUT2D eigenvalue weighted by molar-refractivity contribution is 9.10. The Balaban J connectivity index is 1.98. The van der Waals surface area contributed by atoms with Crippen LogP contribution in [0, 0.1) is 6.92 Å². The second-order valence-electron chi connectivity index (χ2n) is 4.44. The van der Waals surface area contributed by atoms with Gasteiger partial charge in [-0.15, -0.1) is 11.3 Å². The summed E-state index contributed by atoms with van der Waals surface area (Å²) in [5, 5.41) is 2.69. The number of carbonyl (C=O) groups excluding carboxylic acids is 1. The Labute approximate surface area is 132 Å². The van der Waals surface area contributed by atoms with Crippen molar-refractivity contribution in [1.29, 1.82) is 0 Å². The summed E-state index contributed by atoms with van der Waals surface area (Å²) in [6, 6.07) is 7.17. The number of nitrogens with one attached hydrogen (secondary N) is 1. The van der Waals surface area contributed by atoms with Crippen LogP contribution in [-0.2, 0) is 0 Å². The third kappa shape index (κ3) is 2.74. The summed E-state index contributed by atoms with van der Waals surface area (Å²) in [4.78, 5) is 30.2. The van der Waals surface area contributed by atoms with Gasteiger partial charge in [0.1, 0.15) is 5.56 Å². The van der Waals surface area contributed by atoms with E-state index in [0.29, 0.717) is 10.6 Å². The Morgan fingerprint density at radius 1 is 1.43 bits per heavy atom. The lowest BCUT2D eigenvalue weighted by atomic mass is 10.2. The van der Waals surface area contributed by atoms with Gasteiger partial charge in [-0.25, -0.2) is 4.98 Å².